The summed E-state index contributed by atoms with van der Waals surface area (Å²) in [7, 11) is -2.63. The summed E-state index contributed by atoms with van der Waals surface area (Å²) in [5.41, 5.74) is 4.99. The highest BCUT2D eigenvalue weighted by Gasteiger charge is 2.26. The second-order valence-electron chi connectivity index (χ2n) is 3.75. The molecule has 0 atom stereocenters. The number of hydrogen-bond acceptors (Lipinski definition) is 4. The van der Waals surface area contributed by atoms with Gasteiger partial charge in [-0.2, -0.15) is 4.31 Å². The van der Waals surface area contributed by atoms with E-state index < -0.39 is 22.5 Å². The highest BCUT2D eigenvalue weighted by Crippen LogP contribution is 2.29. The van der Waals surface area contributed by atoms with Crippen molar-refractivity contribution in [3.8, 4) is 5.75 Å². The maximum Gasteiger partial charge on any atom is 0.247 e. The first-order valence-electron chi connectivity index (χ1n) is 5.46. The molecule has 1 rings (SSSR count). The quantitative estimate of drug-likeness (QED) is 0.843. The van der Waals surface area contributed by atoms with E-state index in [2.05, 4.69) is 0 Å². The lowest BCUT2D eigenvalue weighted by Crippen LogP contribution is -2.35. The maximum atomic E-state index is 12.3. The molecule has 0 spiro atoms. The van der Waals surface area contributed by atoms with Crippen molar-refractivity contribution < 1.29 is 17.9 Å². The van der Waals surface area contributed by atoms with Gasteiger partial charge in [-0.15, -0.1) is 0 Å². The van der Waals surface area contributed by atoms with E-state index in [1.807, 2.05) is 0 Å². The normalized spacial score (nSPS) is 11.6. The summed E-state index contributed by atoms with van der Waals surface area (Å²) in [6, 6.07) is 4.27. The summed E-state index contributed by atoms with van der Waals surface area (Å²) in [6.45, 7) is 1.63. The number of sulfonamides is 1. The molecule has 0 heterocycles. The van der Waals surface area contributed by atoms with Gasteiger partial charge < -0.3 is 10.5 Å². The number of halogens is 1. The Balaban J connectivity index is 3.26. The van der Waals surface area contributed by atoms with Gasteiger partial charge >= 0.3 is 0 Å². The maximum absolute atomic E-state index is 12.3. The minimum Gasteiger partial charge on any atom is -0.492 e. The molecule has 0 fully saturated rings. The van der Waals surface area contributed by atoms with Crippen molar-refractivity contribution in [1.29, 1.82) is 0 Å². The van der Waals surface area contributed by atoms with Gasteiger partial charge in [0.2, 0.25) is 15.9 Å². The lowest BCUT2D eigenvalue weighted by Gasteiger charge is -2.18. The standard InChI is InChI=1S/C11H15ClN2O4S/c1-3-18-9-5-4-8(12)6-10(9)19(16,17)14(2)7-11(13)15/h4-6H,3,7H2,1-2H3,(H2,13,15). The minimum absolute atomic E-state index is 0.0920. The predicted octanol–water partition coefficient (Wildman–Crippen LogP) is 0.844. The highest BCUT2D eigenvalue weighted by molar-refractivity contribution is 7.89. The van der Waals surface area contributed by atoms with Crippen molar-refractivity contribution >= 4 is 27.5 Å². The second-order valence-corrected chi connectivity index (χ2v) is 6.20. The Bertz CT molecular complexity index is 574. The smallest absolute Gasteiger partial charge is 0.247 e. The van der Waals surface area contributed by atoms with Crippen molar-refractivity contribution in [2.75, 3.05) is 20.2 Å². The number of ether oxygens (including phenoxy) is 1. The van der Waals surface area contributed by atoms with Crippen molar-refractivity contribution in [3.05, 3.63) is 23.2 Å². The van der Waals surface area contributed by atoms with Gasteiger partial charge in [0.05, 0.1) is 13.2 Å². The molecule has 0 aromatic heterocycles. The number of likely N-dealkylation sites (N-methyl/N-ethyl adjacent to an activating group) is 1. The van der Waals surface area contributed by atoms with Gasteiger partial charge in [-0.3, -0.25) is 4.79 Å². The Morgan fingerprint density at radius 1 is 1.47 bits per heavy atom. The Hall–Kier alpha value is -1.31. The van der Waals surface area contributed by atoms with Crippen molar-refractivity contribution in [1.82, 2.24) is 4.31 Å². The van der Waals surface area contributed by atoms with E-state index in [-0.39, 0.29) is 15.7 Å². The topological polar surface area (TPSA) is 89.7 Å². The molecule has 6 nitrogen and oxygen atoms in total. The van der Waals surface area contributed by atoms with Crippen molar-refractivity contribution in [2.45, 2.75) is 11.8 Å². The summed E-state index contributed by atoms with van der Waals surface area (Å²) >= 11 is 5.80. The molecule has 0 radical (unpaired) electrons. The van der Waals surface area contributed by atoms with Crippen molar-refractivity contribution in [3.63, 3.8) is 0 Å². The van der Waals surface area contributed by atoms with Crippen LogP contribution < -0.4 is 10.5 Å². The first-order chi connectivity index (χ1) is 8.78. The Morgan fingerprint density at radius 2 is 2.11 bits per heavy atom. The van der Waals surface area contributed by atoms with Crippen LogP contribution in [0.3, 0.4) is 0 Å². The molecule has 0 unspecified atom stereocenters. The highest BCUT2D eigenvalue weighted by atomic mass is 35.5. The number of nitrogens with zero attached hydrogens (tertiary/aromatic N) is 1. The SMILES string of the molecule is CCOc1ccc(Cl)cc1S(=O)(=O)N(C)CC(N)=O. The summed E-state index contributed by atoms with van der Waals surface area (Å²) in [6.07, 6.45) is 0. The number of amides is 1. The van der Waals surface area contributed by atoms with Crippen LogP contribution >= 0.6 is 11.6 Å². The molecule has 0 bridgehead atoms. The fourth-order valence-corrected chi connectivity index (χ4v) is 2.96. The third kappa shape index (κ3) is 3.82. The Labute approximate surface area is 117 Å². The number of nitrogens with two attached hydrogens (primary N) is 1. The number of carbonyl (C=O) groups is 1. The van der Waals surface area contributed by atoms with E-state index >= 15 is 0 Å². The van der Waals surface area contributed by atoms with Crippen LogP contribution in [0.1, 0.15) is 6.92 Å². The van der Waals surface area contributed by atoms with Gasteiger partial charge in [-0.05, 0) is 25.1 Å². The number of carbonyl (C=O) groups excluding carboxylic acids is 1. The minimum atomic E-state index is -3.89. The van der Waals surface area contributed by atoms with Gasteiger partial charge in [0.1, 0.15) is 10.6 Å². The van der Waals surface area contributed by atoms with Crippen LogP contribution in [0.4, 0.5) is 0 Å². The summed E-state index contributed by atoms with van der Waals surface area (Å²) < 4.78 is 30.7. The molecule has 0 aliphatic carbocycles. The molecule has 0 saturated heterocycles. The van der Waals surface area contributed by atoms with E-state index in [1.54, 1.807) is 6.92 Å². The van der Waals surface area contributed by atoms with Crippen LogP contribution in [0, 0.1) is 0 Å². The molecule has 0 aliphatic heterocycles. The zero-order chi connectivity index (χ0) is 14.6. The first-order valence-corrected chi connectivity index (χ1v) is 7.27. The van der Waals surface area contributed by atoms with Crippen LogP contribution in [0.5, 0.6) is 5.75 Å². The molecule has 0 saturated carbocycles. The molecule has 1 aromatic rings. The fraction of sp³-hybridized carbons (Fsp3) is 0.364. The lowest BCUT2D eigenvalue weighted by molar-refractivity contribution is -0.118. The molecule has 2 N–H and O–H groups in total. The summed E-state index contributed by atoms with van der Waals surface area (Å²) in [5, 5.41) is 0.259. The largest absolute Gasteiger partial charge is 0.492 e. The fourth-order valence-electron chi connectivity index (χ4n) is 1.43. The number of rotatable bonds is 6. The molecular formula is C11H15ClN2O4S. The average molecular weight is 307 g/mol. The van der Waals surface area contributed by atoms with E-state index in [0.29, 0.717) is 6.61 Å². The van der Waals surface area contributed by atoms with Gasteiger partial charge in [0.15, 0.2) is 0 Å². The molecule has 1 aromatic carbocycles. The molecule has 0 aliphatic rings. The van der Waals surface area contributed by atoms with E-state index in [9.17, 15) is 13.2 Å². The number of hydrogen-bond donors (Lipinski definition) is 1. The zero-order valence-corrected chi connectivity index (χ0v) is 12.2. The van der Waals surface area contributed by atoms with E-state index in [4.69, 9.17) is 22.1 Å². The summed E-state index contributed by atoms with van der Waals surface area (Å²) in [4.78, 5) is 10.7. The third-order valence-corrected chi connectivity index (χ3v) is 4.33. The van der Waals surface area contributed by atoms with Gasteiger partial charge in [-0.25, -0.2) is 8.42 Å². The van der Waals surface area contributed by atoms with Crippen LogP contribution in [0.2, 0.25) is 5.02 Å². The van der Waals surface area contributed by atoms with Gasteiger partial charge in [0, 0.05) is 12.1 Å². The van der Waals surface area contributed by atoms with E-state index in [0.717, 1.165) is 4.31 Å². The van der Waals surface area contributed by atoms with Crippen LogP contribution in [0.25, 0.3) is 0 Å². The lowest BCUT2D eigenvalue weighted by atomic mass is 10.3. The van der Waals surface area contributed by atoms with Gasteiger partial charge in [-0.1, -0.05) is 11.6 Å². The van der Waals surface area contributed by atoms with Crippen LogP contribution in [-0.2, 0) is 14.8 Å². The molecule has 106 valence electrons. The Morgan fingerprint density at radius 3 is 2.63 bits per heavy atom. The molecule has 8 heteroatoms. The first kappa shape index (κ1) is 15.7. The number of primary amides is 1. The third-order valence-electron chi connectivity index (χ3n) is 2.27. The monoisotopic (exact) mass is 306 g/mol. The molecule has 19 heavy (non-hydrogen) atoms. The van der Waals surface area contributed by atoms with Gasteiger partial charge in [0.25, 0.3) is 0 Å². The predicted molar refractivity (Wildman–Crippen MR) is 71.6 cm³/mol. The molecule has 1 amide bonds. The zero-order valence-electron chi connectivity index (χ0n) is 10.6. The number of benzene rings is 1. The van der Waals surface area contributed by atoms with Crippen LogP contribution in [0.15, 0.2) is 23.1 Å². The molecular weight excluding hydrogens is 292 g/mol. The van der Waals surface area contributed by atoms with E-state index in [1.165, 1.54) is 25.2 Å². The summed E-state index contributed by atoms with van der Waals surface area (Å²) in [5.74, 6) is -0.561. The van der Waals surface area contributed by atoms with Crippen LogP contribution in [-0.4, -0.2) is 38.8 Å². The second kappa shape index (κ2) is 6.23. The average Bonchev–Trinajstić information content (AvgIpc) is 2.30. The van der Waals surface area contributed by atoms with Crippen molar-refractivity contribution in [2.24, 2.45) is 5.73 Å². The Kier molecular flexibility index (Phi) is 5.16.